The number of H-pyrrole nitrogens is 1. The molecule has 0 aliphatic carbocycles. The van der Waals surface area contributed by atoms with Crippen molar-refractivity contribution in [3.05, 3.63) is 53.4 Å². The molecule has 6 rings (SSSR count). The summed E-state index contributed by atoms with van der Waals surface area (Å²) in [5.74, 6) is 1.26. The molecule has 0 saturated heterocycles. The molecule has 1 amide bonds. The van der Waals surface area contributed by atoms with E-state index >= 15 is 0 Å². The number of ether oxygens (including phenoxy) is 1. The summed E-state index contributed by atoms with van der Waals surface area (Å²) in [4.78, 5) is 29.4. The van der Waals surface area contributed by atoms with Crippen molar-refractivity contribution in [3.63, 3.8) is 0 Å². The highest BCUT2D eigenvalue weighted by molar-refractivity contribution is 7.19. The maximum Gasteiger partial charge on any atom is 0.276 e. The van der Waals surface area contributed by atoms with E-state index < -0.39 is 0 Å². The van der Waals surface area contributed by atoms with Crippen molar-refractivity contribution in [2.45, 2.75) is 13.0 Å². The van der Waals surface area contributed by atoms with Gasteiger partial charge in [-0.1, -0.05) is 0 Å². The van der Waals surface area contributed by atoms with Gasteiger partial charge in [0.15, 0.2) is 12.1 Å². The average molecular weight is 447 g/mol. The van der Waals surface area contributed by atoms with E-state index in [1.165, 1.54) is 18.2 Å². The normalized spacial score (nSPS) is 13.5. The van der Waals surface area contributed by atoms with E-state index in [1.54, 1.807) is 35.9 Å². The van der Waals surface area contributed by atoms with Crippen molar-refractivity contribution in [2.24, 2.45) is 0 Å². The van der Waals surface area contributed by atoms with E-state index in [9.17, 15) is 4.79 Å². The first-order chi connectivity index (χ1) is 15.7. The number of methoxy groups -OCH3 is 1. The molecule has 1 aliphatic heterocycles. The first-order valence-corrected chi connectivity index (χ1v) is 10.7. The number of fused-ring (bicyclic) bond motifs is 4. The van der Waals surface area contributed by atoms with Crippen LogP contribution in [0.3, 0.4) is 0 Å². The summed E-state index contributed by atoms with van der Waals surface area (Å²) in [5.41, 5.74) is 3.17. The smallest absolute Gasteiger partial charge is 0.276 e. The van der Waals surface area contributed by atoms with Gasteiger partial charge in [-0.05, 0) is 18.1 Å². The standard InChI is InChI=1S/C21H17N7O3S/c1-30-16-5-13-11(6-25-27-13)4-14(16)26-19-18-12-2-3-28(21(29)15-8-31-10-24-15)7-17(12)32-20(18)23-9-22-19/h4-6,8-10H,2-3,7H2,1H3,(H,25,27)(H,22,23,26). The molecule has 0 atom stereocenters. The molecule has 0 saturated carbocycles. The number of hydrogen-bond acceptors (Lipinski definition) is 9. The zero-order chi connectivity index (χ0) is 21.7. The Bertz CT molecular complexity index is 1460. The van der Waals surface area contributed by atoms with Crippen molar-refractivity contribution in [3.8, 4) is 5.75 Å². The summed E-state index contributed by atoms with van der Waals surface area (Å²) in [6, 6.07) is 3.88. The van der Waals surface area contributed by atoms with Crippen LogP contribution < -0.4 is 10.1 Å². The quantitative estimate of drug-likeness (QED) is 0.429. The van der Waals surface area contributed by atoms with E-state index in [0.29, 0.717) is 36.8 Å². The summed E-state index contributed by atoms with van der Waals surface area (Å²) in [6.45, 7) is 1.09. The number of rotatable bonds is 4. The molecule has 0 unspecified atom stereocenters. The lowest BCUT2D eigenvalue weighted by molar-refractivity contribution is 0.0731. The number of aromatic nitrogens is 5. The predicted octanol–water partition coefficient (Wildman–Crippen LogP) is 3.51. The van der Waals surface area contributed by atoms with Gasteiger partial charge in [-0.25, -0.2) is 15.0 Å². The predicted molar refractivity (Wildman–Crippen MR) is 118 cm³/mol. The fraction of sp³-hybridized carbons (Fsp3) is 0.190. The van der Waals surface area contributed by atoms with Crippen molar-refractivity contribution >= 4 is 49.9 Å². The van der Waals surface area contributed by atoms with Gasteiger partial charge in [-0.2, -0.15) is 5.10 Å². The number of oxazole rings is 1. The van der Waals surface area contributed by atoms with Gasteiger partial charge in [0.2, 0.25) is 0 Å². The molecule has 5 aromatic rings. The highest BCUT2D eigenvalue weighted by atomic mass is 32.1. The number of carbonyl (C=O) groups excluding carboxylic acids is 1. The molecule has 2 N–H and O–H groups in total. The topological polar surface area (TPSA) is 122 Å². The zero-order valence-corrected chi connectivity index (χ0v) is 17.8. The summed E-state index contributed by atoms with van der Waals surface area (Å²) in [6.07, 6.45) is 6.67. The van der Waals surface area contributed by atoms with Gasteiger partial charge in [0.05, 0.1) is 36.4 Å². The second kappa shape index (κ2) is 7.31. The Balaban J connectivity index is 1.37. The van der Waals surface area contributed by atoms with E-state index in [4.69, 9.17) is 9.15 Å². The van der Waals surface area contributed by atoms with Crippen LogP contribution in [-0.2, 0) is 13.0 Å². The van der Waals surface area contributed by atoms with Crippen LogP contribution in [0.5, 0.6) is 5.75 Å². The lowest BCUT2D eigenvalue weighted by Gasteiger charge is -2.26. The van der Waals surface area contributed by atoms with E-state index in [2.05, 4.69) is 30.5 Å². The number of amides is 1. The summed E-state index contributed by atoms with van der Waals surface area (Å²) in [7, 11) is 1.63. The lowest BCUT2D eigenvalue weighted by Crippen LogP contribution is -2.35. The van der Waals surface area contributed by atoms with E-state index in [0.717, 1.165) is 31.7 Å². The van der Waals surface area contributed by atoms with E-state index in [1.807, 2.05) is 12.1 Å². The van der Waals surface area contributed by atoms with Gasteiger partial charge >= 0.3 is 0 Å². The van der Waals surface area contributed by atoms with E-state index in [-0.39, 0.29) is 5.91 Å². The van der Waals surface area contributed by atoms with Crippen molar-refractivity contribution in [1.82, 2.24) is 30.0 Å². The summed E-state index contributed by atoms with van der Waals surface area (Å²) in [5, 5.41) is 12.4. The number of hydrogen-bond donors (Lipinski definition) is 2. The number of thiophene rings is 1. The van der Waals surface area contributed by atoms with Gasteiger partial charge in [-0.3, -0.25) is 9.89 Å². The molecular weight excluding hydrogens is 430 g/mol. The first-order valence-electron chi connectivity index (χ1n) is 9.92. The number of carbonyl (C=O) groups is 1. The van der Waals surface area contributed by atoms with Gasteiger partial charge < -0.3 is 19.4 Å². The second-order valence-electron chi connectivity index (χ2n) is 7.39. The third kappa shape index (κ3) is 2.97. The van der Waals surface area contributed by atoms with Crippen LogP contribution in [0.2, 0.25) is 0 Å². The molecule has 1 aliphatic rings. The highest BCUT2D eigenvalue weighted by Crippen LogP contribution is 2.40. The summed E-state index contributed by atoms with van der Waals surface area (Å²) < 4.78 is 10.5. The fourth-order valence-corrected chi connectivity index (χ4v) is 5.24. The molecule has 1 aromatic carbocycles. The van der Waals surface area contributed by atoms with Crippen molar-refractivity contribution in [2.75, 3.05) is 19.0 Å². The first kappa shape index (κ1) is 18.8. The average Bonchev–Trinajstić information content (AvgIpc) is 3.56. The molecule has 0 radical (unpaired) electrons. The second-order valence-corrected chi connectivity index (χ2v) is 8.47. The van der Waals surface area contributed by atoms with Gasteiger partial charge in [0.1, 0.15) is 29.0 Å². The van der Waals surface area contributed by atoms with Crippen molar-refractivity contribution in [1.29, 1.82) is 0 Å². The molecule has 0 fully saturated rings. The molecule has 0 bridgehead atoms. The fourth-order valence-electron chi connectivity index (χ4n) is 4.04. The van der Waals surface area contributed by atoms with Gasteiger partial charge in [0.25, 0.3) is 5.91 Å². The monoisotopic (exact) mass is 447 g/mol. The number of anilines is 2. The minimum absolute atomic E-state index is 0.135. The largest absolute Gasteiger partial charge is 0.494 e. The molecule has 11 heteroatoms. The van der Waals surface area contributed by atoms with Crippen molar-refractivity contribution < 1.29 is 13.9 Å². The van der Waals surface area contributed by atoms with Gasteiger partial charge in [-0.15, -0.1) is 11.3 Å². The Morgan fingerprint density at radius 3 is 3.09 bits per heavy atom. The Kier molecular flexibility index (Phi) is 4.28. The minimum atomic E-state index is -0.135. The molecule has 160 valence electrons. The number of nitrogens with zero attached hydrogens (tertiary/aromatic N) is 5. The third-order valence-electron chi connectivity index (χ3n) is 5.59. The maximum absolute atomic E-state index is 12.7. The number of nitrogens with one attached hydrogen (secondary N) is 2. The Morgan fingerprint density at radius 1 is 1.31 bits per heavy atom. The van der Waals surface area contributed by atoms with Gasteiger partial charge in [0, 0.05) is 22.9 Å². The Morgan fingerprint density at radius 2 is 2.25 bits per heavy atom. The van der Waals surface area contributed by atoms with Crippen LogP contribution >= 0.6 is 11.3 Å². The maximum atomic E-state index is 12.7. The molecule has 0 spiro atoms. The minimum Gasteiger partial charge on any atom is -0.494 e. The summed E-state index contributed by atoms with van der Waals surface area (Å²) >= 11 is 1.58. The SMILES string of the molecule is COc1cc2[nH]ncc2cc1Nc1ncnc2sc3c(c12)CCN(C(=O)c1cocn1)C3. The Labute approximate surface area is 185 Å². The van der Waals surface area contributed by atoms with Crippen LogP contribution in [0, 0.1) is 0 Å². The number of aromatic amines is 1. The molecule has 10 nitrogen and oxygen atoms in total. The molecular formula is C21H17N7O3S. The Hall–Kier alpha value is -3.99. The molecule has 32 heavy (non-hydrogen) atoms. The van der Waals surface area contributed by atoms with Crippen LogP contribution in [0.1, 0.15) is 20.9 Å². The molecule has 5 heterocycles. The van der Waals surface area contributed by atoms with Crippen LogP contribution in [0.25, 0.3) is 21.1 Å². The third-order valence-corrected chi connectivity index (χ3v) is 6.71. The molecule has 4 aromatic heterocycles. The zero-order valence-electron chi connectivity index (χ0n) is 17.0. The van der Waals surface area contributed by atoms with Crippen LogP contribution in [0.4, 0.5) is 11.5 Å². The highest BCUT2D eigenvalue weighted by Gasteiger charge is 2.28. The van der Waals surface area contributed by atoms with Crippen LogP contribution in [0.15, 0.2) is 41.7 Å². The lowest BCUT2D eigenvalue weighted by atomic mass is 10.0. The number of benzene rings is 1. The van der Waals surface area contributed by atoms with Crippen LogP contribution in [-0.4, -0.2) is 49.6 Å².